The third kappa shape index (κ3) is 2.11. The Labute approximate surface area is 82.1 Å². The van der Waals surface area contributed by atoms with Crippen LogP contribution < -0.4 is 5.32 Å². The van der Waals surface area contributed by atoms with Crippen LogP contribution in [0.15, 0.2) is 17.1 Å². The van der Waals surface area contributed by atoms with E-state index in [2.05, 4.69) is 10.3 Å². The maximum absolute atomic E-state index is 11.6. The third-order valence-corrected chi connectivity index (χ3v) is 2.26. The smallest absolute Gasteiger partial charge is 0.224 e. The Morgan fingerprint density at radius 3 is 3.29 bits per heavy atom. The average Bonchev–Trinajstić information content (AvgIpc) is 2.60. The standard InChI is InChI=1S/C9H13N3O2/c13-9-1-2-10-3-4-12(9)5-8-6-14-7-11-8/h6-7,10H,1-5H2. The molecule has 5 heteroatoms. The van der Waals surface area contributed by atoms with Crippen molar-refractivity contribution in [3.8, 4) is 0 Å². The number of rotatable bonds is 2. The molecule has 1 fully saturated rings. The quantitative estimate of drug-likeness (QED) is 0.721. The lowest BCUT2D eigenvalue weighted by Gasteiger charge is -2.18. The molecule has 0 aliphatic carbocycles. The number of carbonyl (C=O) groups is 1. The van der Waals surface area contributed by atoms with E-state index >= 15 is 0 Å². The zero-order valence-corrected chi connectivity index (χ0v) is 7.90. The van der Waals surface area contributed by atoms with Crippen LogP contribution in [0.3, 0.4) is 0 Å². The van der Waals surface area contributed by atoms with Gasteiger partial charge in [-0.2, -0.15) is 0 Å². The molecule has 2 rings (SSSR count). The lowest BCUT2D eigenvalue weighted by molar-refractivity contribution is -0.131. The molecule has 0 unspecified atom stereocenters. The minimum absolute atomic E-state index is 0.179. The van der Waals surface area contributed by atoms with E-state index in [4.69, 9.17) is 4.42 Å². The van der Waals surface area contributed by atoms with Crippen LogP contribution in [0.4, 0.5) is 0 Å². The van der Waals surface area contributed by atoms with Gasteiger partial charge in [-0.05, 0) is 0 Å². The molecule has 0 aromatic carbocycles. The number of hydrogen-bond donors (Lipinski definition) is 1. The SMILES string of the molecule is O=C1CCNCCN1Cc1cocn1. The van der Waals surface area contributed by atoms with Crippen LogP contribution in [0.2, 0.25) is 0 Å². The second-order valence-corrected chi connectivity index (χ2v) is 3.30. The van der Waals surface area contributed by atoms with Crippen molar-refractivity contribution in [2.24, 2.45) is 0 Å². The molecule has 1 aliphatic heterocycles. The number of nitrogens with zero attached hydrogens (tertiary/aromatic N) is 2. The predicted octanol–water partition coefficient (Wildman–Crippen LogP) is -0.00350. The van der Waals surface area contributed by atoms with Gasteiger partial charge in [0.1, 0.15) is 6.26 Å². The Bertz CT molecular complexity index is 297. The first kappa shape index (κ1) is 9.21. The lowest BCUT2D eigenvalue weighted by Crippen LogP contribution is -2.31. The van der Waals surface area contributed by atoms with Crippen molar-refractivity contribution < 1.29 is 9.21 Å². The fourth-order valence-corrected chi connectivity index (χ4v) is 1.50. The molecule has 76 valence electrons. The average molecular weight is 195 g/mol. The van der Waals surface area contributed by atoms with Gasteiger partial charge in [0.15, 0.2) is 6.39 Å². The van der Waals surface area contributed by atoms with Gasteiger partial charge in [-0.15, -0.1) is 0 Å². The van der Waals surface area contributed by atoms with E-state index in [9.17, 15) is 4.79 Å². The molecule has 5 nitrogen and oxygen atoms in total. The van der Waals surface area contributed by atoms with Crippen molar-refractivity contribution in [1.29, 1.82) is 0 Å². The highest BCUT2D eigenvalue weighted by Crippen LogP contribution is 2.04. The number of amides is 1. The first-order valence-electron chi connectivity index (χ1n) is 4.72. The second kappa shape index (κ2) is 4.23. The summed E-state index contributed by atoms with van der Waals surface area (Å²) in [5.41, 5.74) is 0.806. The van der Waals surface area contributed by atoms with Gasteiger partial charge in [-0.25, -0.2) is 4.98 Å². The van der Waals surface area contributed by atoms with E-state index in [0.29, 0.717) is 13.0 Å². The number of nitrogens with one attached hydrogen (secondary N) is 1. The Morgan fingerprint density at radius 2 is 2.50 bits per heavy atom. The largest absolute Gasteiger partial charge is 0.451 e. The van der Waals surface area contributed by atoms with Gasteiger partial charge in [0, 0.05) is 26.1 Å². The van der Waals surface area contributed by atoms with Crippen molar-refractivity contribution in [1.82, 2.24) is 15.2 Å². The molecule has 14 heavy (non-hydrogen) atoms. The molecule has 1 aromatic rings. The highest BCUT2D eigenvalue weighted by Gasteiger charge is 2.16. The maximum Gasteiger partial charge on any atom is 0.224 e. The zero-order chi connectivity index (χ0) is 9.80. The molecule has 2 heterocycles. The van der Waals surface area contributed by atoms with Crippen molar-refractivity contribution in [2.75, 3.05) is 19.6 Å². The minimum Gasteiger partial charge on any atom is -0.451 e. The van der Waals surface area contributed by atoms with Gasteiger partial charge in [-0.1, -0.05) is 0 Å². The molecule has 1 aromatic heterocycles. The first-order chi connectivity index (χ1) is 6.86. The molecule has 1 aliphatic rings. The summed E-state index contributed by atoms with van der Waals surface area (Å²) in [7, 11) is 0. The van der Waals surface area contributed by atoms with Crippen LogP contribution >= 0.6 is 0 Å². The summed E-state index contributed by atoms with van der Waals surface area (Å²) in [4.78, 5) is 17.4. The van der Waals surface area contributed by atoms with Crippen molar-refractivity contribution in [2.45, 2.75) is 13.0 Å². The van der Waals surface area contributed by atoms with Gasteiger partial charge in [0.05, 0.1) is 12.2 Å². The van der Waals surface area contributed by atoms with Crippen LogP contribution in [-0.4, -0.2) is 35.4 Å². The van der Waals surface area contributed by atoms with E-state index in [-0.39, 0.29) is 5.91 Å². The maximum atomic E-state index is 11.6. The molecule has 1 amide bonds. The molecule has 1 N–H and O–H groups in total. The molecular formula is C9H13N3O2. The van der Waals surface area contributed by atoms with Crippen LogP contribution in [-0.2, 0) is 11.3 Å². The fourth-order valence-electron chi connectivity index (χ4n) is 1.50. The molecule has 0 bridgehead atoms. The van der Waals surface area contributed by atoms with Crippen LogP contribution in [0.25, 0.3) is 0 Å². The number of aromatic nitrogens is 1. The monoisotopic (exact) mass is 195 g/mol. The highest BCUT2D eigenvalue weighted by atomic mass is 16.3. The number of oxazole rings is 1. The van der Waals surface area contributed by atoms with Gasteiger partial charge in [0.2, 0.25) is 5.91 Å². The molecule has 0 saturated carbocycles. The van der Waals surface area contributed by atoms with E-state index in [1.807, 2.05) is 0 Å². The van der Waals surface area contributed by atoms with Crippen molar-refractivity contribution in [3.05, 3.63) is 18.4 Å². The summed E-state index contributed by atoms with van der Waals surface area (Å²) < 4.78 is 4.86. The summed E-state index contributed by atoms with van der Waals surface area (Å²) in [5, 5.41) is 3.18. The topological polar surface area (TPSA) is 58.4 Å². The fraction of sp³-hybridized carbons (Fsp3) is 0.556. The van der Waals surface area contributed by atoms with Gasteiger partial charge >= 0.3 is 0 Å². The normalized spacial score (nSPS) is 18.3. The summed E-state index contributed by atoms with van der Waals surface area (Å²) in [6.45, 7) is 2.92. The minimum atomic E-state index is 0.179. The lowest BCUT2D eigenvalue weighted by atomic mass is 10.3. The molecule has 1 saturated heterocycles. The number of hydrogen-bond acceptors (Lipinski definition) is 4. The third-order valence-electron chi connectivity index (χ3n) is 2.26. The Balaban J connectivity index is 1.98. The molecular weight excluding hydrogens is 182 g/mol. The van der Waals surface area contributed by atoms with Crippen molar-refractivity contribution in [3.63, 3.8) is 0 Å². The summed E-state index contributed by atoms with van der Waals surface area (Å²) in [5.74, 6) is 0.179. The first-order valence-corrected chi connectivity index (χ1v) is 4.72. The summed E-state index contributed by atoms with van der Waals surface area (Å²) in [6.07, 6.45) is 3.53. The van der Waals surface area contributed by atoms with Crippen LogP contribution in [0.5, 0.6) is 0 Å². The van der Waals surface area contributed by atoms with E-state index < -0.39 is 0 Å². The van der Waals surface area contributed by atoms with E-state index in [0.717, 1.165) is 25.3 Å². The summed E-state index contributed by atoms with van der Waals surface area (Å²) in [6, 6.07) is 0. The van der Waals surface area contributed by atoms with Gasteiger partial charge < -0.3 is 14.6 Å². The Hall–Kier alpha value is -1.36. The zero-order valence-electron chi connectivity index (χ0n) is 7.90. The van der Waals surface area contributed by atoms with Gasteiger partial charge in [-0.3, -0.25) is 4.79 Å². The second-order valence-electron chi connectivity index (χ2n) is 3.30. The Morgan fingerprint density at radius 1 is 1.57 bits per heavy atom. The van der Waals surface area contributed by atoms with E-state index in [1.165, 1.54) is 6.39 Å². The van der Waals surface area contributed by atoms with Gasteiger partial charge in [0.25, 0.3) is 0 Å². The highest BCUT2D eigenvalue weighted by molar-refractivity contribution is 5.76. The van der Waals surface area contributed by atoms with Crippen LogP contribution in [0, 0.1) is 0 Å². The summed E-state index contributed by atoms with van der Waals surface area (Å²) >= 11 is 0. The predicted molar refractivity (Wildman–Crippen MR) is 49.4 cm³/mol. The van der Waals surface area contributed by atoms with E-state index in [1.54, 1.807) is 11.2 Å². The molecule has 0 spiro atoms. The molecule has 0 radical (unpaired) electrons. The van der Waals surface area contributed by atoms with Crippen LogP contribution in [0.1, 0.15) is 12.1 Å². The molecule has 0 atom stereocenters. The Kier molecular flexibility index (Phi) is 2.78. The van der Waals surface area contributed by atoms with Crippen molar-refractivity contribution >= 4 is 5.91 Å². The number of carbonyl (C=O) groups excluding carboxylic acids is 1.